The molecule has 0 unspecified atom stereocenters. The topological polar surface area (TPSA) is 92.2 Å². The van der Waals surface area contributed by atoms with E-state index in [4.69, 9.17) is 0 Å². The highest BCUT2D eigenvalue weighted by Crippen LogP contribution is 2.17. The molecule has 0 bridgehead atoms. The van der Waals surface area contributed by atoms with Gasteiger partial charge in [-0.05, 0) is 45.2 Å². The summed E-state index contributed by atoms with van der Waals surface area (Å²) in [6.07, 6.45) is 8.39. The standard InChI is InChI=1S/C17H28N6O2/c24-16-5-2-1-3-11-22(16)12-4-8-19-17(25)15-13-23(21-20-15)14-6-9-18-10-7-14/h13-14,18H,1-12H2,(H,19,25). The van der Waals surface area contributed by atoms with Crippen LogP contribution in [0.15, 0.2) is 6.20 Å². The Morgan fingerprint density at radius 2 is 2.12 bits per heavy atom. The zero-order chi connectivity index (χ0) is 17.5. The second-order valence-electron chi connectivity index (χ2n) is 6.87. The molecular formula is C17H28N6O2. The molecule has 3 rings (SSSR count). The van der Waals surface area contributed by atoms with Crippen LogP contribution in [-0.2, 0) is 4.79 Å². The molecule has 3 heterocycles. The summed E-state index contributed by atoms with van der Waals surface area (Å²) in [6.45, 7) is 4.05. The molecule has 0 spiro atoms. The van der Waals surface area contributed by atoms with Gasteiger partial charge in [-0.25, -0.2) is 4.68 Å². The quantitative estimate of drug-likeness (QED) is 0.739. The maximum Gasteiger partial charge on any atom is 0.273 e. The van der Waals surface area contributed by atoms with Crippen molar-refractivity contribution >= 4 is 11.8 Å². The summed E-state index contributed by atoms with van der Waals surface area (Å²) in [4.78, 5) is 26.0. The molecule has 2 aliphatic rings. The number of amides is 2. The summed E-state index contributed by atoms with van der Waals surface area (Å²) in [5.74, 6) is 0.0520. The number of nitrogens with one attached hydrogen (secondary N) is 2. The molecule has 2 saturated heterocycles. The van der Waals surface area contributed by atoms with Crippen molar-refractivity contribution in [3.63, 3.8) is 0 Å². The fraction of sp³-hybridized carbons (Fsp3) is 0.765. The van der Waals surface area contributed by atoms with Crippen molar-refractivity contribution in [3.8, 4) is 0 Å². The number of carbonyl (C=O) groups is 2. The molecule has 1 aromatic rings. The lowest BCUT2D eigenvalue weighted by molar-refractivity contribution is -0.130. The van der Waals surface area contributed by atoms with E-state index in [-0.39, 0.29) is 11.8 Å². The predicted molar refractivity (Wildman–Crippen MR) is 93.2 cm³/mol. The van der Waals surface area contributed by atoms with Crippen LogP contribution < -0.4 is 10.6 Å². The molecular weight excluding hydrogens is 320 g/mol. The second kappa shape index (κ2) is 8.94. The average Bonchev–Trinajstić information content (AvgIpc) is 3.05. The lowest BCUT2D eigenvalue weighted by atomic mass is 10.1. The largest absolute Gasteiger partial charge is 0.351 e. The van der Waals surface area contributed by atoms with E-state index < -0.39 is 0 Å². The van der Waals surface area contributed by atoms with Gasteiger partial charge in [0.05, 0.1) is 12.2 Å². The van der Waals surface area contributed by atoms with Crippen LogP contribution in [0.4, 0.5) is 0 Å². The molecule has 2 aliphatic heterocycles. The number of carbonyl (C=O) groups excluding carboxylic acids is 2. The number of piperidine rings is 1. The maximum absolute atomic E-state index is 12.2. The predicted octanol–water partition coefficient (Wildman–Crippen LogP) is 0.725. The molecule has 2 amide bonds. The summed E-state index contributed by atoms with van der Waals surface area (Å²) in [6, 6.07) is 0.323. The summed E-state index contributed by atoms with van der Waals surface area (Å²) in [7, 11) is 0. The molecule has 2 fully saturated rings. The zero-order valence-corrected chi connectivity index (χ0v) is 14.7. The first-order valence-corrected chi connectivity index (χ1v) is 9.42. The van der Waals surface area contributed by atoms with Gasteiger partial charge in [0.25, 0.3) is 5.91 Å². The van der Waals surface area contributed by atoms with Crippen LogP contribution in [0.5, 0.6) is 0 Å². The van der Waals surface area contributed by atoms with Crippen LogP contribution in [0.3, 0.4) is 0 Å². The Labute approximate surface area is 148 Å². The Balaban J connectivity index is 1.40. The first kappa shape index (κ1) is 17.8. The van der Waals surface area contributed by atoms with Gasteiger partial charge in [-0.15, -0.1) is 5.10 Å². The molecule has 2 N–H and O–H groups in total. The van der Waals surface area contributed by atoms with Crippen LogP contribution in [-0.4, -0.2) is 64.4 Å². The Kier molecular flexibility index (Phi) is 6.38. The number of aromatic nitrogens is 3. The van der Waals surface area contributed by atoms with Crippen molar-refractivity contribution in [2.45, 2.75) is 51.0 Å². The van der Waals surface area contributed by atoms with Crippen LogP contribution in [0.25, 0.3) is 0 Å². The van der Waals surface area contributed by atoms with Gasteiger partial charge in [0.2, 0.25) is 5.91 Å². The highest BCUT2D eigenvalue weighted by atomic mass is 16.2. The Morgan fingerprint density at radius 3 is 2.96 bits per heavy atom. The Hall–Kier alpha value is -1.96. The minimum absolute atomic E-state index is 0.192. The second-order valence-corrected chi connectivity index (χ2v) is 6.87. The summed E-state index contributed by atoms with van der Waals surface area (Å²) in [5.41, 5.74) is 0.365. The molecule has 8 heteroatoms. The third kappa shape index (κ3) is 5.01. The lowest BCUT2D eigenvalue weighted by Gasteiger charge is -2.22. The molecule has 0 saturated carbocycles. The van der Waals surface area contributed by atoms with Crippen LogP contribution in [0, 0.1) is 0 Å². The zero-order valence-electron chi connectivity index (χ0n) is 14.7. The SMILES string of the molecule is O=C(NCCCN1CCCCCC1=O)c1cn(C2CCNCC2)nn1. The first-order valence-electron chi connectivity index (χ1n) is 9.42. The van der Waals surface area contributed by atoms with Gasteiger partial charge in [0.1, 0.15) is 0 Å². The van der Waals surface area contributed by atoms with Gasteiger partial charge >= 0.3 is 0 Å². The van der Waals surface area contributed by atoms with Gasteiger partial charge in [0.15, 0.2) is 5.69 Å². The number of rotatable bonds is 6. The average molecular weight is 348 g/mol. The van der Waals surface area contributed by atoms with Gasteiger partial charge in [-0.1, -0.05) is 11.6 Å². The normalized spacial score (nSPS) is 19.7. The third-order valence-electron chi connectivity index (χ3n) is 4.99. The fourth-order valence-electron chi connectivity index (χ4n) is 3.47. The fourth-order valence-corrected chi connectivity index (χ4v) is 3.47. The van der Waals surface area contributed by atoms with E-state index in [0.29, 0.717) is 31.2 Å². The van der Waals surface area contributed by atoms with E-state index in [0.717, 1.165) is 58.2 Å². The van der Waals surface area contributed by atoms with E-state index in [2.05, 4.69) is 20.9 Å². The monoisotopic (exact) mass is 348 g/mol. The lowest BCUT2D eigenvalue weighted by Crippen LogP contribution is -2.34. The summed E-state index contributed by atoms with van der Waals surface area (Å²) >= 11 is 0. The molecule has 0 aliphatic carbocycles. The number of likely N-dealkylation sites (tertiary alicyclic amines) is 1. The van der Waals surface area contributed by atoms with Crippen molar-refractivity contribution < 1.29 is 9.59 Å². The van der Waals surface area contributed by atoms with Crippen molar-refractivity contribution in [2.75, 3.05) is 32.7 Å². The smallest absolute Gasteiger partial charge is 0.273 e. The number of nitrogens with zero attached hydrogens (tertiary/aromatic N) is 4. The molecule has 0 radical (unpaired) electrons. The minimum Gasteiger partial charge on any atom is -0.351 e. The van der Waals surface area contributed by atoms with Gasteiger partial charge in [0, 0.05) is 26.1 Å². The van der Waals surface area contributed by atoms with Crippen molar-refractivity contribution in [1.29, 1.82) is 0 Å². The van der Waals surface area contributed by atoms with Crippen LogP contribution in [0.2, 0.25) is 0 Å². The van der Waals surface area contributed by atoms with Crippen molar-refractivity contribution in [3.05, 3.63) is 11.9 Å². The molecule has 25 heavy (non-hydrogen) atoms. The van der Waals surface area contributed by atoms with E-state index in [1.165, 1.54) is 0 Å². The highest BCUT2D eigenvalue weighted by Gasteiger charge is 2.19. The molecule has 138 valence electrons. The first-order chi connectivity index (χ1) is 12.2. The maximum atomic E-state index is 12.2. The van der Waals surface area contributed by atoms with E-state index >= 15 is 0 Å². The molecule has 0 atom stereocenters. The van der Waals surface area contributed by atoms with Gasteiger partial charge in [-0.3, -0.25) is 9.59 Å². The molecule has 8 nitrogen and oxygen atoms in total. The van der Waals surface area contributed by atoms with E-state index in [9.17, 15) is 9.59 Å². The Bertz CT molecular complexity index is 581. The highest BCUT2D eigenvalue weighted by molar-refractivity contribution is 5.91. The number of hydrogen-bond acceptors (Lipinski definition) is 5. The van der Waals surface area contributed by atoms with Gasteiger partial charge in [-0.2, -0.15) is 0 Å². The summed E-state index contributed by atoms with van der Waals surface area (Å²) in [5, 5.41) is 14.3. The Morgan fingerprint density at radius 1 is 1.28 bits per heavy atom. The van der Waals surface area contributed by atoms with Crippen molar-refractivity contribution in [2.24, 2.45) is 0 Å². The van der Waals surface area contributed by atoms with E-state index in [1.54, 1.807) is 6.20 Å². The summed E-state index contributed by atoms with van der Waals surface area (Å²) < 4.78 is 1.81. The van der Waals surface area contributed by atoms with E-state index in [1.807, 2.05) is 9.58 Å². The molecule has 0 aromatic carbocycles. The van der Waals surface area contributed by atoms with Crippen molar-refractivity contribution in [1.82, 2.24) is 30.5 Å². The van der Waals surface area contributed by atoms with Gasteiger partial charge < -0.3 is 15.5 Å². The molecule has 1 aromatic heterocycles. The van der Waals surface area contributed by atoms with Crippen LogP contribution >= 0.6 is 0 Å². The van der Waals surface area contributed by atoms with Crippen LogP contribution in [0.1, 0.15) is 61.5 Å². The third-order valence-corrected chi connectivity index (χ3v) is 4.99. The minimum atomic E-state index is -0.192. The number of hydrogen-bond donors (Lipinski definition) is 2.